The Hall–Kier alpha value is -2.11. The van der Waals surface area contributed by atoms with Gasteiger partial charge in [0.1, 0.15) is 0 Å². The normalized spacial score (nSPS) is 12.6. The summed E-state index contributed by atoms with van der Waals surface area (Å²) >= 11 is 0. The molecule has 0 bridgehead atoms. The van der Waals surface area contributed by atoms with Crippen LogP contribution in [-0.4, -0.2) is 31.8 Å². The fourth-order valence-electron chi connectivity index (χ4n) is 1.09. The number of imidazole rings is 1. The summed E-state index contributed by atoms with van der Waals surface area (Å²) in [5.74, 6) is -0.766. The Labute approximate surface area is 85.1 Å². The summed E-state index contributed by atoms with van der Waals surface area (Å²) in [7, 11) is 0. The minimum absolute atomic E-state index is 0.260. The molecule has 2 aromatic rings. The van der Waals surface area contributed by atoms with Gasteiger partial charge in [-0.3, -0.25) is 0 Å². The van der Waals surface area contributed by atoms with E-state index < -0.39 is 12.1 Å². The molecule has 0 aliphatic rings. The molecule has 15 heavy (non-hydrogen) atoms. The molecule has 0 aliphatic carbocycles. The molecular weight excluding hydrogens is 198 g/mol. The Kier molecular flexibility index (Phi) is 2.24. The van der Waals surface area contributed by atoms with Crippen LogP contribution in [0.25, 0.3) is 5.65 Å². The highest BCUT2D eigenvalue weighted by molar-refractivity contribution is 5.72. The van der Waals surface area contributed by atoms with Crippen LogP contribution in [-0.2, 0) is 4.79 Å². The van der Waals surface area contributed by atoms with Crippen LogP contribution in [0.15, 0.2) is 24.5 Å². The van der Waals surface area contributed by atoms with Crippen LogP contribution < -0.4 is 4.74 Å². The van der Waals surface area contributed by atoms with Gasteiger partial charge in [0.05, 0.1) is 0 Å². The van der Waals surface area contributed by atoms with E-state index in [4.69, 9.17) is 9.84 Å². The number of hydrogen-bond donors (Lipinski definition) is 1. The van der Waals surface area contributed by atoms with Crippen molar-refractivity contribution in [2.24, 2.45) is 0 Å². The van der Waals surface area contributed by atoms with Gasteiger partial charge in [-0.1, -0.05) is 0 Å². The minimum Gasteiger partial charge on any atom is -0.479 e. The van der Waals surface area contributed by atoms with Crippen LogP contribution in [0.2, 0.25) is 0 Å². The first-order valence-corrected chi connectivity index (χ1v) is 4.36. The molecule has 0 amide bonds. The van der Waals surface area contributed by atoms with E-state index >= 15 is 0 Å². The maximum absolute atomic E-state index is 10.5. The first kappa shape index (κ1) is 9.45. The Balaban J connectivity index is 2.24. The zero-order valence-electron chi connectivity index (χ0n) is 7.99. The topological polar surface area (TPSA) is 76.7 Å². The Morgan fingerprint density at radius 3 is 3.13 bits per heavy atom. The van der Waals surface area contributed by atoms with Crippen LogP contribution in [0.3, 0.4) is 0 Å². The summed E-state index contributed by atoms with van der Waals surface area (Å²) in [6, 6.07) is 3.29. The smallest absolute Gasteiger partial charge is 0.344 e. The molecule has 1 atom stereocenters. The maximum atomic E-state index is 10.5. The number of nitrogens with zero attached hydrogens (tertiary/aromatic N) is 3. The average molecular weight is 207 g/mol. The average Bonchev–Trinajstić information content (AvgIpc) is 2.64. The van der Waals surface area contributed by atoms with E-state index in [-0.39, 0.29) is 5.88 Å². The molecule has 6 heteroatoms. The number of hydrogen-bond acceptors (Lipinski definition) is 4. The Morgan fingerprint density at radius 1 is 1.60 bits per heavy atom. The Bertz CT molecular complexity index is 494. The fraction of sp³-hybridized carbons (Fsp3) is 0.222. The molecule has 1 unspecified atom stereocenters. The van der Waals surface area contributed by atoms with E-state index in [1.165, 1.54) is 11.4 Å². The second-order valence-electron chi connectivity index (χ2n) is 3.00. The van der Waals surface area contributed by atoms with E-state index in [1.807, 2.05) is 0 Å². The van der Waals surface area contributed by atoms with Crippen molar-refractivity contribution in [3.8, 4) is 5.88 Å². The highest BCUT2D eigenvalue weighted by Gasteiger charge is 2.13. The summed E-state index contributed by atoms with van der Waals surface area (Å²) < 4.78 is 6.61. The highest BCUT2D eigenvalue weighted by atomic mass is 16.5. The number of carboxylic acids is 1. The van der Waals surface area contributed by atoms with Crippen molar-refractivity contribution < 1.29 is 14.6 Å². The van der Waals surface area contributed by atoms with E-state index in [1.54, 1.807) is 24.5 Å². The minimum atomic E-state index is -1.03. The Morgan fingerprint density at radius 2 is 2.40 bits per heavy atom. The molecule has 0 radical (unpaired) electrons. The SMILES string of the molecule is CC(Oc1ccc2nccn2n1)C(=O)O. The number of carboxylic acid groups (broad SMARTS) is 1. The molecule has 0 aromatic carbocycles. The molecule has 0 fully saturated rings. The number of ether oxygens (including phenoxy) is 1. The van der Waals surface area contributed by atoms with Gasteiger partial charge in [-0.05, 0) is 13.0 Å². The molecule has 2 rings (SSSR count). The van der Waals surface area contributed by atoms with Gasteiger partial charge in [0.2, 0.25) is 5.88 Å². The quantitative estimate of drug-likeness (QED) is 0.796. The number of fused-ring (bicyclic) bond motifs is 1. The third kappa shape index (κ3) is 1.88. The lowest BCUT2D eigenvalue weighted by Gasteiger charge is -2.08. The van der Waals surface area contributed by atoms with Gasteiger partial charge in [0.25, 0.3) is 0 Å². The molecule has 0 saturated heterocycles. The second kappa shape index (κ2) is 3.56. The maximum Gasteiger partial charge on any atom is 0.344 e. The fourth-order valence-corrected chi connectivity index (χ4v) is 1.09. The molecule has 1 N–H and O–H groups in total. The lowest BCUT2D eigenvalue weighted by atomic mass is 10.4. The van der Waals surface area contributed by atoms with E-state index in [0.29, 0.717) is 5.65 Å². The van der Waals surface area contributed by atoms with Crippen molar-refractivity contribution in [3.63, 3.8) is 0 Å². The van der Waals surface area contributed by atoms with E-state index in [0.717, 1.165) is 0 Å². The van der Waals surface area contributed by atoms with E-state index in [2.05, 4.69) is 10.1 Å². The van der Waals surface area contributed by atoms with Crippen molar-refractivity contribution >= 4 is 11.6 Å². The van der Waals surface area contributed by atoms with Crippen molar-refractivity contribution in [2.45, 2.75) is 13.0 Å². The van der Waals surface area contributed by atoms with Gasteiger partial charge >= 0.3 is 5.97 Å². The molecule has 0 saturated carbocycles. The monoisotopic (exact) mass is 207 g/mol. The largest absolute Gasteiger partial charge is 0.479 e. The van der Waals surface area contributed by atoms with Crippen LogP contribution in [0, 0.1) is 0 Å². The van der Waals surface area contributed by atoms with Crippen molar-refractivity contribution in [2.75, 3.05) is 0 Å². The van der Waals surface area contributed by atoms with Crippen LogP contribution in [0.4, 0.5) is 0 Å². The van der Waals surface area contributed by atoms with Crippen molar-refractivity contribution in [1.29, 1.82) is 0 Å². The zero-order chi connectivity index (χ0) is 10.8. The zero-order valence-corrected chi connectivity index (χ0v) is 7.99. The van der Waals surface area contributed by atoms with E-state index in [9.17, 15) is 4.79 Å². The van der Waals surface area contributed by atoms with Crippen LogP contribution in [0.5, 0.6) is 5.88 Å². The van der Waals surface area contributed by atoms with Crippen molar-refractivity contribution in [3.05, 3.63) is 24.5 Å². The lowest BCUT2D eigenvalue weighted by molar-refractivity contribution is -0.144. The van der Waals surface area contributed by atoms with Gasteiger partial charge in [-0.25, -0.2) is 14.3 Å². The van der Waals surface area contributed by atoms with Gasteiger partial charge in [-0.15, -0.1) is 5.10 Å². The van der Waals surface area contributed by atoms with Crippen LogP contribution >= 0.6 is 0 Å². The summed E-state index contributed by atoms with van der Waals surface area (Å²) in [5.41, 5.74) is 0.685. The third-order valence-electron chi connectivity index (χ3n) is 1.88. The summed E-state index contributed by atoms with van der Waals surface area (Å²) in [5, 5.41) is 12.7. The number of carbonyl (C=O) groups is 1. The molecule has 2 heterocycles. The number of rotatable bonds is 3. The highest BCUT2D eigenvalue weighted by Crippen LogP contribution is 2.09. The first-order chi connectivity index (χ1) is 7.16. The molecule has 0 aliphatic heterocycles. The molecule has 0 spiro atoms. The predicted octanol–water partition coefficient (Wildman–Crippen LogP) is 0.581. The number of aliphatic carboxylic acids is 1. The number of aromatic nitrogens is 3. The molecular formula is C9H9N3O3. The van der Waals surface area contributed by atoms with Crippen molar-refractivity contribution in [1.82, 2.24) is 14.6 Å². The lowest BCUT2D eigenvalue weighted by Crippen LogP contribution is -2.23. The molecule has 6 nitrogen and oxygen atoms in total. The predicted molar refractivity (Wildman–Crippen MR) is 50.7 cm³/mol. The van der Waals surface area contributed by atoms with Crippen LogP contribution in [0.1, 0.15) is 6.92 Å². The van der Waals surface area contributed by atoms with Gasteiger partial charge < -0.3 is 9.84 Å². The summed E-state index contributed by atoms with van der Waals surface area (Å²) in [4.78, 5) is 14.5. The third-order valence-corrected chi connectivity index (χ3v) is 1.88. The van der Waals surface area contributed by atoms with Gasteiger partial charge in [-0.2, -0.15) is 0 Å². The van der Waals surface area contributed by atoms with Gasteiger partial charge in [0, 0.05) is 18.5 Å². The summed E-state index contributed by atoms with van der Waals surface area (Å²) in [6.45, 7) is 1.45. The van der Waals surface area contributed by atoms with Gasteiger partial charge in [0.15, 0.2) is 11.8 Å². The second-order valence-corrected chi connectivity index (χ2v) is 3.00. The first-order valence-electron chi connectivity index (χ1n) is 4.36. The standard InChI is InChI=1S/C9H9N3O3/c1-6(9(13)14)15-8-3-2-7-10-4-5-12(7)11-8/h2-6H,1H3,(H,13,14). The molecule has 2 aromatic heterocycles. The summed E-state index contributed by atoms with van der Waals surface area (Å²) in [6.07, 6.45) is 2.35. The molecule has 78 valence electrons.